The van der Waals surface area contributed by atoms with Crippen LogP contribution in [0.15, 0.2) is 140 Å². The second-order valence-corrected chi connectivity index (χ2v) is 11.5. The summed E-state index contributed by atoms with van der Waals surface area (Å²) in [5.41, 5.74) is 14.0. The highest BCUT2D eigenvalue weighted by molar-refractivity contribution is 7.00. The number of benzene rings is 5. The molecule has 0 N–H and O–H groups in total. The molecule has 0 fully saturated rings. The molecule has 2 heterocycles. The number of rotatable bonds is 3. The van der Waals surface area contributed by atoms with E-state index in [1.165, 1.54) is 61.6 Å². The molecule has 0 spiro atoms. The van der Waals surface area contributed by atoms with E-state index in [4.69, 9.17) is 0 Å². The fourth-order valence-corrected chi connectivity index (χ4v) is 6.92. The Balaban J connectivity index is 1.51. The molecule has 0 amide bonds. The van der Waals surface area contributed by atoms with Gasteiger partial charge in [-0.2, -0.15) is 0 Å². The number of nitrogens with zero attached hydrogens (tertiary/aromatic N) is 2. The topological polar surface area (TPSA) is 6.48 Å². The van der Waals surface area contributed by atoms with Gasteiger partial charge in [-0.15, -0.1) is 0 Å². The van der Waals surface area contributed by atoms with Crippen LogP contribution in [0.25, 0.3) is 5.57 Å². The fraction of sp³-hybridized carbons (Fsp3) is 0.0811. The average Bonchev–Trinajstić information content (AvgIpc) is 3.36. The molecular formula is C37H29BN2. The van der Waals surface area contributed by atoms with Gasteiger partial charge in [0.2, 0.25) is 0 Å². The number of para-hydroxylation sites is 4. The number of anilines is 6. The summed E-state index contributed by atoms with van der Waals surface area (Å²) in [5.74, 6) is 0. The maximum atomic E-state index is 2.47. The summed E-state index contributed by atoms with van der Waals surface area (Å²) in [6, 6.07) is 44.4. The van der Waals surface area contributed by atoms with Crippen LogP contribution in [0.1, 0.15) is 19.4 Å². The molecule has 2 nitrogen and oxygen atoms in total. The molecular weight excluding hydrogens is 483 g/mol. The molecule has 5 aromatic rings. The molecule has 1 aliphatic carbocycles. The quantitative estimate of drug-likeness (QED) is 0.224. The molecule has 3 aliphatic rings. The Hall–Kier alpha value is -4.76. The van der Waals surface area contributed by atoms with Gasteiger partial charge < -0.3 is 9.80 Å². The molecule has 5 aromatic carbocycles. The first-order chi connectivity index (χ1) is 19.6. The van der Waals surface area contributed by atoms with Crippen LogP contribution in [0.5, 0.6) is 0 Å². The van der Waals surface area contributed by atoms with Crippen LogP contribution in [-0.2, 0) is 0 Å². The highest BCUT2D eigenvalue weighted by Gasteiger charge is 2.43. The van der Waals surface area contributed by atoms with E-state index in [0.717, 1.165) is 0 Å². The molecule has 0 bridgehead atoms. The number of fused-ring (bicyclic) bond motifs is 4. The van der Waals surface area contributed by atoms with Crippen LogP contribution in [0.4, 0.5) is 34.1 Å². The predicted octanol–water partition coefficient (Wildman–Crippen LogP) is 7.75. The smallest absolute Gasteiger partial charge is 0.252 e. The van der Waals surface area contributed by atoms with Gasteiger partial charge in [0, 0.05) is 39.5 Å². The Morgan fingerprint density at radius 3 is 1.50 bits per heavy atom. The summed E-state index contributed by atoms with van der Waals surface area (Å²) in [5, 5.41) is 0. The zero-order chi connectivity index (χ0) is 26.8. The summed E-state index contributed by atoms with van der Waals surface area (Å²) >= 11 is 0. The first-order valence-electron chi connectivity index (χ1n) is 14.1. The fourth-order valence-electron chi connectivity index (χ4n) is 6.92. The van der Waals surface area contributed by atoms with Crippen molar-refractivity contribution in [2.45, 2.75) is 13.8 Å². The van der Waals surface area contributed by atoms with E-state index in [0.29, 0.717) is 0 Å². The zero-order valence-electron chi connectivity index (χ0n) is 22.8. The highest BCUT2D eigenvalue weighted by atomic mass is 15.2. The van der Waals surface area contributed by atoms with E-state index in [-0.39, 0.29) is 12.1 Å². The maximum Gasteiger partial charge on any atom is 0.252 e. The third-order valence-electron chi connectivity index (χ3n) is 8.69. The van der Waals surface area contributed by atoms with Gasteiger partial charge in [0.1, 0.15) is 0 Å². The molecule has 0 saturated carbocycles. The normalized spacial score (nSPS) is 15.8. The first-order valence-corrected chi connectivity index (χ1v) is 14.1. The molecule has 0 aromatic heterocycles. The van der Waals surface area contributed by atoms with Crippen LogP contribution in [-0.4, -0.2) is 6.71 Å². The zero-order valence-corrected chi connectivity index (χ0v) is 22.8. The number of hydrogen-bond donors (Lipinski definition) is 0. The lowest BCUT2D eigenvalue weighted by Gasteiger charge is -2.44. The van der Waals surface area contributed by atoms with Gasteiger partial charge in [0.25, 0.3) is 6.71 Å². The molecule has 40 heavy (non-hydrogen) atoms. The molecule has 0 atom stereocenters. The first kappa shape index (κ1) is 23.2. The van der Waals surface area contributed by atoms with Gasteiger partial charge in [0.15, 0.2) is 0 Å². The SMILES string of the molecule is CC1(C)C=CC=C1c1cc2c3c(c1)N(c1ccccc1)c1ccccc1B3c1ccccc1N2c1ccccc1. The summed E-state index contributed by atoms with van der Waals surface area (Å²) in [4.78, 5) is 4.95. The van der Waals surface area contributed by atoms with Crippen LogP contribution < -0.4 is 26.2 Å². The van der Waals surface area contributed by atoms with E-state index < -0.39 is 0 Å². The van der Waals surface area contributed by atoms with Gasteiger partial charge in [-0.3, -0.25) is 0 Å². The maximum absolute atomic E-state index is 2.47. The van der Waals surface area contributed by atoms with Gasteiger partial charge in [0.05, 0.1) is 0 Å². The minimum Gasteiger partial charge on any atom is -0.311 e. The van der Waals surface area contributed by atoms with Crippen LogP contribution in [0.3, 0.4) is 0 Å². The highest BCUT2D eigenvalue weighted by Crippen LogP contribution is 2.47. The lowest BCUT2D eigenvalue weighted by Crippen LogP contribution is -2.61. The van der Waals surface area contributed by atoms with Gasteiger partial charge >= 0.3 is 0 Å². The van der Waals surface area contributed by atoms with Crippen molar-refractivity contribution in [3.05, 3.63) is 145 Å². The molecule has 3 heteroatoms. The van der Waals surface area contributed by atoms with E-state index in [1.54, 1.807) is 0 Å². The van der Waals surface area contributed by atoms with Crippen LogP contribution in [0.2, 0.25) is 0 Å². The molecule has 0 radical (unpaired) electrons. The second kappa shape index (κ2) is 8.62. The third kappa shape index (κ3) is 3.31. The lowest BCUT2D eigenvalue weighted by atomic mass is 9.33. The van der Waals surface area contributed by atoms with Crippen LogP contribution >= 0.6 is 0 Å². The minimum atomic E-state index is -0.0331. The summed E-state index contributed by atoms with van der Waals surface area (Å²) in [7, 11) is 0. The summed E-state index contributed by atoms with van der Waals surface area (Å²) < 4.78 is 0. The van der Waals surface area contributed by atoms with Crippen molar-refractivity contribution in [1.29, 1.82) is 0 Å². The predicted molar refractivity (Wildman–Crippen MR) is 171 cm³/mol. The lowest BCUT2D eigenvalue weighted by molar-refractivity contribution is 0.659. The molecule has 8 rings (SSSR count). The van der Waals surface area contributed by atoms with Crippen LogP contribution in [0, 0.1) is 5.41 Å². The summed E-state index contributed by atoms with van der Waals surface area (Å²) in [6.07, 6.45) is 6.81. The Kier molecular flexibility index (Phi) is 4.99. The largest absolute Gasteiger partial charge is 0.311 e. The van der Waals surface area contributed by atoms with Crippen molar-refractivity contribution < 1.29 is 0 Å². The second-order valence-electron chi connectivity index (χ2n) is 11.5. The van der Waals surface area contributed by atoms with E-state index in [2.05, 4.69) is 163 Å². The van der Waals surface area contributed by atoms with E-state index >= 15 is 0 Å². The van der Waals surface area contributed by atoms with Crippen molar-refractivity contribution in [1.82, 2.24) is 0 Å². The van der Waals surface area contributed by atoms with Crippen molar-refractivity contribution in [3.8, 4) is 0 Å². The van der Waals surface area contributed by atoms with Crippen molar-refractivity contribution in [2.75, 3.05) is 9.80 Å². The van der Waals surface area contributed by atoms with Crippen molar-refractivity contribution >= 4 is 62.8 Å². The Labute approximate surface area is 236 Å². The number of hydrogen-bond acceptors (Lipinski definition) is 2. The standard InChI is InChI=1S/C37H29BN2/c1-37(2)23-13-18-29(37)26-24-34-36-35(25-26)40(28-16-7-4-8-17-28)33-22-12-10-20-31(33)38(36)30-19-9-11-21-32(30)39(34)27-14-5-3-6-15-27/h3-25H,1-2H3. The average molecular weight is 512 g/mol. The van der Waals surface area contributed by atoms with E-state index in [9.17, 15) is 0 Å². The molecule has 190 valence electrons. The number of allylic oxidation sites excluding steroid dienone is 4. The van der Waals surface area contributed by atoms with Gasteiger partial charge in [-0.25, -0.2) is 0 Å². The third-order valence-corrected chi connectivity index (χ3v) is 8.69. The Bertz CT molecular complexity index is 1720. The summed E-state index contributed by atoms with van der Waals surface area (Å²) in [6.45, 7) is 4.77. The van der Waals surface area contributed by atoms with E-state index in [1.807, 2.05) is 0 Å². The monoisotopic (exact) mass is 512 g/mol. The molecule has 2 aliphatic heterocycles. The minimum absolute atomic E-state index is 0.0331. The van der Waals surface area contributed by atoms with Crippen molar-refractivity contribution in [2.24, 2.45) is 5.41 Å². The van der Waals surface area contributed by atoms with Gasteiger partial charge in [-0.1, -0.05) is 105 Å². The Morgan fingerprint density at radius 1 is 0.550 bits per heavy atom. The van der Waals surface area contributed by atoms with Gasteiger partial charge in [-0.05, 0) is 76.1 Å². The Morgan fingerprint density at radius 2 is 1.02 bits per heavy atom. The molecule has 0 saturated heterocycles. The van der Waals surface area contributed by atoms with Crippen molar-refractivity contribution in [3.63, 3.8) is 0 Å². The molecule has 0 unspecified atom stereocenters.